The number of methoxy groups -OCH3 is 1. The number of rotatable bonds is 4. The maximum Gasteiger partial charge on any atom is 0.235 e. The number of thioether (sulfide) groups is 1. The zero-order valence-corrected chi connectivity index (χ0v) is 13.3. The first-order valence-electron chi connectivity index (χ1n) is 6.92. The minimum atomic E-state index is -0.0553. The molecule has 6 nitrogen and oxygen atoms in total. The maximum atomic E-state index is 11.8. The summed E-state index contributed by atoms with van der Waals surface area (Å²) < 4.78 is 10.8. The lowest BCUT2D eigenvalue weighted by molar-refractivity contribution is -0.113. The van der Waals surface area contributed by atoms with Gasteiger partial charge in [-0.05, 0) is 17.7 Å². The van der Waals surface area contributed by atoms with Crippen molar-refractivity contribution < 1.29 is 14.3 Å². The van der Waals surface area contributed by atoms with Gasteiger partial charge in [0.15, 0.2) is 11.5 Å². The van der Waals surface area contributed by atoms with Gasteiger partial charge < -0.3 is 14.8 Å². The van der Waals surface area contributed by atoms with Crippen molar-refractivity contribution in [2.45, 2.75) is 5.25 Å². The quantitative estimate of drug-likeness (QED) is 0.841. The van der Waals surface area contributed by atoms with Gasteiger partial charge in [-0.25, -0.2) is 0 Å². The lowest BCUT2D eigenvalue weighted by Gasteiger charge is -2.16. The molecule has 0 bridgehead atoms. The summed E-state index contributed by atoms with van der Waals surface area (Å²) in [6.45, 7) is 0.161. The van der Waals surface area contributed by atoms with Gasteiger partial charge in [-0.2, -0.15) is 5.10 Å². The van der Waals surface area contributed by atoms with Crippen LogP contribution in [0.2, 0.25) is 0 Å². The third kappa shape index (κ3) is 3.12. The fourth-order valence-electron chi connectivity index (χ4n) is 2.38. The molecule has 1 amide bonds. The van der Waals surface area contributed by atoms with Gasteiger partial charge in [-0.15, -0.1) is 18.2 Å². The third-order valence-corrected chi connectivity index (χ3v) is 4.69. The van der Waals surface area contributed by atoms with Crippen molar-refractivity contribution in [2.75, 3.05) is 24.8 Å². The van der Waals surface area contributed by atoms with Crippen LogP contribution >= 0.6 is 11.8 Å². The molecule has 0 spiro atoms. The van der Waals surface area contributed by atoms with Crippen molar-refractivity contribution in [2.24, 2.45) is 0 Å². The van der Waals surface area contributed by atoms with E-state index in [2.05, 4.69) is 21.4 Å². The second-order valence-electron chi connectivity index (χ2n) is 4.84. The topological polar surface area (TPSA) is 76.2 Å². The summed E-state index contributed by atoms with van der Waals surface area (Å²) in [5, 5.41) is 9.62. The number of H-pyrrole nitrogens is 1. The first-order chi connectivity index (χ1) is 11.2. The summed E-state index contributed by atoms with van der Waals surface area (Å²) in [5.74, 6) is 4.57. The number of carbonyl (C=O) groups excluding carboxylic acids is 1. The maximum absolute atomic E-state index is 11.8. The molecular formula is C16H15N3O3S. The molecule has 0 saturated carbocycles. The van der Waals surface area contributed by atoms with E-state index in [4.69, 9.17) is 15.9 Å². The highest BCUT2D eigenvalue weighted by Gasteiger charge is 2.26. The van der Waals surface area contributed by atoms with Gasteiger partial charge in [0.25, 0.3) is 0 Å². The molecule has 1 aliphatic rings. The molecule has 2 heterocycles. The molecule has 0 aliphatic carbocycles. The van der Waals surface area contributed by atoms with Crippen molar-refractivity contribution in [3.05, 3.63) is 35.5 Å². The van der Waals surface area contributed by atoms with Gasteiger partial charge in [0.1, 0.15) is 12.4 Å². The zero-order valence-electron chi connectivity index (χ0n) is 12.5. The number of nitrogens with one attached hydrogen (secondary N) is 2. The van der Waals surface area contributed by atoms with E-state index in [0.717, 1.165) is 11.1 Å². The zero-order chi connectivity index (χ0) is 16.2. The van der Waals surface area contributed by atoms with Gasteiger partial charge in [-0.3, -0.25) is 9.89 Å². The normalized spacial score (nSPS) is 16.7. The number of aromatic nitrogens is 2. The van der Waals surface area contributed by atoms with E-state index < -0.39 is 0 Å². The monoisotopic (exact) mass is 329 g/mol. The van der Waals surface area contributed by atoms with E-state index in [1.807, 2.05) is 18.2 Å². The van der Waals surface area contributed by atoms with Crippen molar-refractivity contribution in [3.63, 3.8) is 0 Å². The highest BCUT2D eigenvalue weighted by Crippen LogP contribution is 2.42. The largest absolute Gasteiger partial charge is 0.493 e. The number of hydrogen-bond donors (Lipinski definition) is 2. The number of aromatic amines is 1. The minimum Gasteiger partial charge on any atom is -0.493 e. The average molecular weight is 329 g/mol. The van der Waals surface area contributed by atoms with E-state index in [1.54, 1.807) is 13.3 Å². The van der Waals surface area contributed by atoms with E-state index in [1.165, 1.54) is 11.8 Å². The molecule has 7 heteroatoms. The Morgan fingerprint density at radius 3 is 3.13 bits per heavy atom. The Balaban J connectivity index is 1.98. The SMILES string of the molecule is C#CCOc1cc(C2SCC(=O)Nc3[nH]ncc32)ccc1OC. The highest BCUT2D eigenvalue weighted by molar-refractivity contribution is 8.00. The summed E-state index contributed by atoms with van der Waals surface area (Å²) >= 11 is 1.53. The number of terminal acetylenes is 1. The number of benzene rings is 1. The van der Waals surface area contributed by atoms with E-state index in [9.17, 15) is 4.79 Å². The van der Waals surface area contributed by atoms with Crippen LogP contribution in [0.1, 0.15) is 16.4 Å². The van der Waals surface area contributed by atoms with Gasteiger partial charge in [0, 0.05) is 5.56 Å². The van der Waals surface area contributed by atoms with Gasteiger partial charge in [0.05, 0.1) is 24.3 Å². The predicted octanol–water partition coefficient (Wildman–Crippen LogP) is 2.21. The summed E-state index contributed by atoms with van der Waals surface area (Å²) in [7, 11) is 1.58. The van der Waals surface area contributed by atoms with E-state index in [0.29, 0.717) is 23.1 Å². The van der Waals surface area contributed by atoms with Crippen LogP contribution in [0.15, 0.2) is 24.4 Å². The van der Waals surface area contributed by atoms with Crippen molar-refractivity contribution in [3.8, 4) is 23.8 Å². The number of carbonyl (C=O) groups is 1. The number of anilines is 1. The Morgan fingerprint density at radius 1 is 1.48 bits per heavy atom. The van der Waals surface area contributed by atoms with Crippen molar-refractivity contribution >= 4 is 23.5 Å². The number of fused-ring (bicyclic) bond motifs is 1. The predicted molar refractivity (Wildman–Crippen MR) is 88.8 cm³/mol. The van der Waals surface area contributed by atoms with Crippen LogP contribution < -0.4 is 14.8 Å². The van der Waals surface area contributed by atoms with Gasteiger partial charge in [-0.1, -0.05) is 12.0 Å². The number of amides is 1. The Bertz CT molecular complexity index is 766. The Hall–Kier alpha value is -2.59. The molecule has 1 aromatic heterocycles. The Labute approximate surface area is 137 Å². The Morgan fingerprint density at radius 2 is 2.35 bits per heavy atom. The molecule has 0 fully saturated rings. The first kappa shape index (κ1) is 15.3. The van der Waals surface area contributed by atoms with Crippen LogP contribution in [0.25, 0.3) is 0 Å². The first-order valence-corrected chi connectivity index (χ1v) is 7.96. The minimum absolute atomic E-state index is 0.0400. The molecule has 1 atom stereocenters. The van der Waals surface area contributed by atoms with E-state index in [-0.39, 0.29) is 17.8 Å². The van der Waals surface area contributed by atoms with Gasteiger partial charge >= 0.3 is 0 Å². The molecule has 2 aromatic rings. The fraction of sp³-hybridized carbons (Fsp3) is 0.250. The molecule has 1 aliphatic heterocycles. The van der Waals surface area contributed by atoms with Crippen LogP contribution in [0.5, 0.6) is 11.5 Å². The van der Waals surface area contributed by atoms with Crippen LogP contribution in [0.3, 0.4) is 0 Å². The number of ether oxygens (including phenoxy) is 2. The average Bonchev–Trinajstić information content (AvgIpc) is 2.95. The van der Waals surface area contributed by atoms with Crippen molar-refractivity contribution in [1.82, 2.24) is 10.2 Å². The van der Waals surface area contributed by atoms with Crippen LogP contribution in [-0.4, -0.2) is 35.6 Å². The molecule has 0 radical (unpaired) electrons. The third-order valence-electron chi connectivity index (χ3n) is 3.40. The fourth-order valence-corrected chi connectivity index (χ4v) is 3.47. The van der Waals surface area contributed by atoms with Gasteiger partial charge in [0.2, 0.25) is 5.91 Å². The molecule has 2 N–H and O–H groups in total. The summed E-state index contributed by atoms with van der Waals surface area (Å²) in [6, 6.07) is 5.67. The molecule has 0 saturated heterocycles. The summed E-state index contributed by atoms with van der Waals surface area (Å²) in [6.07, 6.45) is 6.98. The number of hydrogen-bond acceptors (Lipinski definition) is 5. The van der Waals surface area contributed by atoms with E-state index >= 15 is 0 Å². The van der Waals surface area contributed by atoms with Crippen molar-refractivity contribution in [1.29, 1.82) is 0 Å². The second kappa shape index (κ2) is 6.67. The smallest absolute Gasteiger partial charge is 0.235 e. The lowest BCUT2D eigenvalue weighted by Crippen LogP contribution is -2.12. The molecule has 23 heavy (non-hydrogen) atoms. The molecule has 1 aromatic carbocycles. The molecular weight excluding hydrogens is 314 g/mol. The second-order valence-corrected chi connectivity index (χ2v) is 5.94. The van der Waals surface area contributed by atoms with Crippen LogP contribution in [0.4, 0.5) is 5.82 Å². The highest BCUT2D eigenvalue weighted by atomic mass is 32.2. The molecule has 118 valence electrons. The molecule has 3 rings (SSSR count). The Kier molecular flexibility index (Phi) is 4.44. The standard InChI is InChI=1S/C16H15N3O3S/c1-3-6-22-13-7-10(4-5-12(13)21-2)15-11-8-17-19-16(11)18-14(20)9-23-15/h1,4-5,7-8,15H,6,9H2,2H3,(H2,17,18,19,20). The lowest BCUT2D eigenvalue weighted by atomic mass is 10.1. The summed E-state index contributed by atoms with van der Waals surface area (Å²) in [5.41, 5.74) is 1.91. The molecule has 1 unspecified atom stereocenters. The summed E-state index contributed by atoms with van der Waals surface area (Å²) in [4.78, 5) is 11.8. The van der Waals surface area contributed by atoms with Crippen LogP contribution in [-0.2, 0) is 4.79 Å². The van der Waals surface area contributed by atoms with Crippen LogP contribution in [0, 0.1) is 12.3 Å². The number of nitrogens with zero attached hydrogens (tertiary/aromatic N) is 1.